The lowest BCUT2D eigenvalue weighted by molar-refractivity contribution is 0.213. The normalized spacial score (nSPS) is 12.5. The maximum Gasteiger partial charge on any atom is 0.191 e. The second-order valence-electron chi connectivity index (χ2n) is 6.39. The second-order valence-corrected chi connectivity index (χ2v) is 6.39. The van der Waals surface area contributed by atoms with Gasteiger partial charge in [-0.05, 0) is 32.4 Å². The van der Waals surface area contributed by atoms with E-state index in [1.807, 2.05) is 38.1 Å². The third-order valence-electron chi connectivity index (χ3n) is 4.30. The molecular formula is C21H32N4O3. The lowest BCUT2D eigenvalue weighted by Crippen LogP contribution is -2.41. The summed E-state index contributed by atoms with van der Waals surface area (Å²) < 4.78 is 16.8. The van der Waals surface area contributed by atoms with Gasteiger partial charge in [0.15, 0.2) is 17.5 Å². The van der Waals surface area contributed by atoms with Crippen molar-refractivity contribution >= 4 is 5.96 Å². The van der Waals surface area contributed by atoms with Crippen molar-refractivity contribution < 1.29 is 14.0 Å². The molecule has 0 bridgehead atoms. The molecule has 1 unspecified atom stereocenters. The van der Waals surface area contributed by atoms with E-state index in [0.29, 0.717) is 13.1 Å². The van der Waals surface area contributed by atoms with Gasteiger partial charge in [-0.1, -0.05) is 31.1 Å². The fraction of sp³-hybridized carbons (Fsp3) is 0.524. The van der Waals surface area contributed by atoms with Crippen molar-refractivity contribution in [2.24, 2.45) is 4.99 Å². The van der Waals surface area contributed by atoms with E-state index >= 15 is 0 Å². The third-order valence-corrected chi connectivity index (χ3v) is 4.30. The van der Waals surface area contributed by atoms with Crippen LogP contribution in [0.5, 0.6) is 11.5 Å². The van der Waals surface area contributed by atoms with Crippen LogP contribution in [0.3, 0.4) is 0 Å². The van der Waals surface area contributed by atoms with Crippen LogP contribution in [0.4, 0.5) is 0 Å². The van der Waals surface area contributed by atoms with Crippen molar-refractivity contribution in [3.05, 3.63) is 41.3 Å². The Morgan fingerprint density at radius 2 is 1.89 bits per heavy atom. The smallest absolute Gasteiger partial charge is 0.191 e. The Morgan fingerprint density at radius 1 is 1.14 bits per heavy atom. The summed E-state index contributed by atoms with van der Waals surface area (Å²) in [4.78, 5) is 4.70. The summed E-state index contributed by atoms with van der Waals surface area (Å²) >= 11 is 0. The highest BCUT2D eigenvalue weighted by Gasteiger charge is 2.14. The van der Waals surface area contributed by atoms with Crippen LogP contribution in [-0.4, -0.2) is 37.4 Å². The minimum Gasteiger partial charge on any atom is -0.493 e. The summed E-state index contributed by atoms with van der Waals surface area (Å²) in [6.45, 7) is 10.1. The summed E-state index contributed by atoms with van der Waals surface area (Å²) in [5.74, 6) is 3.10. The van der Waals surface area contributed by atoms with E-state index in [1.165, 1.54) is 0 Å². The SMILES string of the molecule is CCNC(=NCc1c(CC)noc1CC)NCC(C)Oc1ccccc1OC. The summed E-state index contributed by atoms with van der Waals surface area (Å²) in [7, 11) is 1.64. The third kappa shape index (κ3) is 5.90. The topological polar surface area (TPSA) is 80.9 Å². The Balaban J connectivity index is 1.98. The number of rotatable bonds is 10. The molecule has 0 saturated heterocycles. The van der Waals surface area contributed by atoms with Crippen LogP contribution < -0.4 is 20.1 Å². The van der Waals surface area contributed by atoms with Crippen LogP contribution in [0.1, 0.15) is 44.7 Å². The summed E-state index contributed by atoms with van der Waals surface area (Å²) in [5.41, 5.74) is 2.06. The van der Waals surface area contributed by atoms with E-state index in [1.54, 1.807) is 7.11 Å². The fourth-order valence-electron chi connectivity index (χ4n) is 2.83. The standard InChI is InChI=1S/C21H32N4O3/c1-6-17-16(18(7-2)28-25-17)14-24-21(22-8-3)23-13-15(4)27-20-12-10-9-11-19(20)26-5/h9-12,15H,6-8,13-14H2,1-5H3,(H2,22,23,24). The molecule has 7 nitrogen and oxygen atoms in total. The number of para-hydroxylation sites is 2. The van der Waals surface area contributed by atoms with Gasteiger partial charge < -0.3 is 24.6 Å². The Kier molecular flexibility index (Phi) is 8.65. The van der Waals surface area contributed by atoms with Gasteiger partial charge in [0, 0.05) is 18.5 Å². The van der Waals surface area contributed by atoms with Gasteiger partial charge in [0.1, 0.15) is 11.9 Å². The molecule has 0 aliphatic heterocycles. The highest BCUT2D eigenvalue weighted by molar-refractivity contribution is 5.79. The molecule has 154 valence electrons. The maximum absolute atomic E-state index is 5.99. The number of ether oxygens (including phenoxy) is 2. The van der Waals surface area contributed by atoms with Crippen LogP contribution in [0.2, 0.25) is 0 Å². The number of nitrogens with zero attached hydrogens (tertiary/aromatic N) is 2. The molecule has 1 aromatic heterocycles. The van der Waals surface area contributed by atoms with E-state index in [9.17, 15) is 0 Å². The zero-order chi connectivity index (χ0) is 20.4. The number of methoxy groups -OCH3 is 1. The fourth-order valence-corrected chi connectivity index (χ4v) is 2.83. The highest BCUT2D eigenvalue weighted by atomic mass is 16.5. The lowest BCUT2D eigenvalue weighted by atomic mass is 10.1. The van der Waals surface area contributed by atoms with Gasteiger partial charge in [0.2, 0.25) is 0 Å². The summed E-state index contributed by atoms with van der Waals surface area (Å²) in [6, 6.07) is 7.64. The van der Waals surface area contributed by atoms with Crippen molar-refractivity contribution in [1.82, 2.24) is 15.8 Å². The lowest BCUT2D eigenvalue weighted by Gasteiger charge is -2.19. The molecule has 7 heteroatoms. The first-order valence-corrected chi connectivity index (χ1v) is 9.90. The average Bonchev–Trinajstić information content (AvgIpc) is 3.12. The quantitative estimate of drug-likeness (QED) is 0.480. The van der Waals surface area contributed by atoms with Crippen molar-refractivity contribution in [3.63, 3.8) is 0 Å². The van der Waals surface area contributed by atoms with Crippen molar-refractivity contribution in [2.45, 2.75) is 53.2 Å². The Labute approximate surface area is 167 Å². The summed E-state index contributed by atoms with van der Waals surface area (Å²) in [5, 5.41) is 10.8. The van der Waals surface area contributed by atoms with Crippen LogP contribution in [0, 0.1) is 0 Å². The Hall–Kier alpha value is -2.70. The van der Waals surface area contributed by atoms with E-state index in [0.717, 1.165) is 53.9 Å². The van der Waals surface area contributed by atoms with Crippen molar-refractivity contribution in [3.8, 4) is 11.5 Å². The van der Waals surface area contributed by atoms with Crippen LogP contribution >= 0.6 is 0 Å². The number of aromatic nitrogens is 1. The molecule has 0 aliphatic carbocycles. The first-order valence-electron chi connectivity index (χ1n) is 9.90. The number of nitrogens with one attached hydrogen (secondary N) is 2. The van der Waals surface area contributed by atoms with Gasteiger partial charge in [-0.15, -0.1) is 0 Å². The zero-order valence-electron chi connectivity index (χ0n) is 17.5. The maximum atomic E-state index is 5.99. The van der Waals surface area contributed by atoms with E-state index < -0.39 is 0 Å². The van der Waals surface area contributed by atoms with Gasteiger partial charge in [-0.2, -0.15) is 0 Å². The van der Waals surface area contributed by atoms with Crippen LogP contribution in [-0.2, 0) is 19.4 Å². The van der Waals surface area contributed by atoms with Gasteiger partial charge in [-0.3, -0.25) is 0 Å². The molecule has 28 heavy (non-hydrogen) atoms. The van der Waals surface area contributed by atoms with Gasteiger partial charge in [-0.25, -0.2) is 4.99 Å². The summed E-state index contributed by atoms with van der Waals surface area (Å²) in [6.07, 6.45) is 1.58. The zero-order valence-corrected chi connectivity index (χ0v) is 17.5. The number of hydrogen-bond acceptors (Lipinski definition) is 5. The molecule has 0 spiro atoms. The minimum absolute atomic E-state index is 0.0619. The molecule has 0 radical (unpaired) electrons. The molecule has 0 amide bonds. The van der Waals surface area contributed by atoms with Crippen LogP contribution in [0.25, 0.3) is 0 Å². The molecule has 1 heterocycles. The molecular weight excluding hydrogens is 356 g/mol. The van der Waals surface area contributed by atoms with Gasteiger partial charge in [0.25, 0.3) is 0 Å². The highest BCUT2D eigenvalue weighted by Crippen LogP contribution is 2.26. The largest absolute Gasteiger partial charge is 0.493 e. The molecule has 0 saturated carbocycles. The van der Waals surface area contributed by atoms with Crippen molar-refractivity contribution in [1.29, 1.82) is 0 Å². The predicted molar refractivity (Wildman–Crippen MR) is 111 cm³/mol. The first kappa shape index (κ1) is 21.6. The van der Waals surface area contributed by atoms with Gasteiger partial charge in [0.05, 0.1) is 25.9 Å². The van der Waals surface area contributed by atoms with Gasteiger partial charge >= 0.3 is 0 Å². The molecule has 1 aromatic carbocycles. The molecule has 1 atom stereocenters. The molecule has 0 fully saturated rings. The number of benzene rings is 1. The molecule has 2 aromatic rings. The number of hydrogen-bond donors (Lipinski definition) is 2. The second kappa shape index (κ2) is 11.2. The molecule has 2 N–H and O–H groups in total. The van der Waals surface area contributed by atoms with E-state index in [4.69, 9.17) is 19.0 Å². The minimum atomic E-state index is -0.0619. The molecule has 2 rings (SSSR count). The van der Waals surface area contributed by atoms with E-state index in [-0.39, 0.29) is 6.10 Å². The number of guanidine groups is 1. The number of aryl methyl sites for hydroxylation is 2. The number of aliphatic imine (C=N–C) groups is 1. The average molecular weight is 389 g/mol. The van der Waals surface area contributed by atoms with Crippen LogP contribution in [0.15, 0.2) is 33.8 Å². The Morgan fingerprint density at radius 3 is 2.54 bits per heavy atom. The Bertz CT molecular complexity index is 736. The monoisotopic (exact) mass is 388 g/mol. The predicted octanol–water partition coefficient (Wildman–Crippen LogP) is 3.33. The van der Waals surface area contributed by atoms with Crippen molar-refractivity contribution in [2.75, 3.05) is 20.2 Å². The first-order chi connectivity index (χ1) is 13.6. The van der Waals surface area contributed by atoms with E-state index in [2.05, 4.69) is 29.6 Å². The molecule has 0 aliphatic rings.